The Kier molecular flexibility index (Phi) is 6.37. The summed E-state index contributed by atoms with van der Waals surface area (Å²) in [6.07, 6.45) is 8.53. The van der Waals surface area contributed by atoms with E-state index in [1.54, 1.807) is 6.20 Å². The molecule has 0 saturated heterocycles. The number of benzene rings is 1. The van der Waals surface area contributed by atoms with Crippen LogP contribution in [0.5, 0.6) is 0 Å². The summed E-state index contributed by atoms with van der Waals surface area (Å²) in [6.45, 7) is 6.26. The fraction of sp³-hybridized carbons (Fsp3) is 0.478. The Morgan fingerprint density at radius 1 is 1.34 bits per heavy atom. The number of carbonyl (C=O) groups is 2. The summed E-state index contributed by atoms with van der Waals surface area (Å²) in [6, 6.07) is 5.75. The van der Waals surface area contributed by atoms with Gasteiger partial charge in [0.05, 0.1) is 12.0 Å². The Morgan fingerprint density at radius 3 is 2.69 bits per heavy atom. The molecule has 2 aliphatic rings. The number of urea groups is 1. The Bertz CT molecular complexity index is 875. The molecule has 3 rings (SSSR count). The number of carboxylic acid groups (broad SMARTS) is 1. The first-order valence-electron chi connectivity index (χ1n) is 10.2. The van der Waals surface area contributed by atoms with Gasteiger partial charge in [-0.3, -0.25) is 4.79 Å². The summed E-state index contributed by atoms with van der Waals surface area (Å²) >= 11 is 6.67. The predicted octanol–water partition coefficient (Wildman–Crippen LogP) is 5.55. The van der Waals surface area contributed by atoms with Crippen LogP contribution in [-0.2, 0) is 10.3 Å². The van der Waals surface area contributed by atoms with Crippen molar-refractivity contribution in [3.8, 4) is 0 Å². The highest BCUT2D eigenvalue weighted by molar-refractivity contribution is 6.32. The van der Waals surface area contributed by atoms with Gasteiger partial charge in [0, 0.05) is 17.8 Å². The standard InChI is InChI=1S/C23H29ClN2O3/c1-15(2)19-14-26(12-11-21(27)28)22(29)25-23(19,3)17-9-10-18(20(24)13-17)16-7-5-4-6-8-16/h7,9-10,13-15H,4-6,8,11-12H2,1-3H3,(H,25,29)(H,27,28)/t23-/m0/s1. The third-order valence-corrected chi connectivity index (χ3v) is 6.17. The van der Waals surface area contributed by atoms with E-state index in [0.717, 1.165) is 29.5 Å². The molecular weight excluding hydrogens is 388 g/mol. The van der Waals surface area contributed by atoms with Crippen LogP contribution in [0.2, 0.25) is 5.02 Å². The lowest BCUT2D eigenvalue weighted by atomic mass is 9.77. The van der Waals surface area contributed by atoms with Crippen molar-refractivity contribution in [1.82, 2.24) is 10.2 Å². The van der Waals surface area contributed by atoms with E-state index in [9.17, 15) is 9.59 Å². The average molecular weight is 417 g/mol. The van der Waals surface area contributed by atoms with Gasteiger partial charge in [-0.1, -0.05) is 43.7 Å². The van der Waals surface area contributed by atoms with Crippen LogP contribution >= 0.6 is 11.6 Å². The van der Waals surface area contributed by atoms with Crippen molar-refractivity contribution in [2.45, 2.75) is 58.4 Å². The van der Waals surface area contributed by atoms with Crippen LogP contribution in [0.15, 0.2) is 36.0 Å². The zero-order valence-electron chi connectivity index (χ0n) is 17.3. The van der Waals surface area contributed by atoms with Crippen molar-refractivity contribution < 1.29 is 14.7 Å². The second-order valence-electron chi connectivity index (χ2n) is 8.30. The van der Waals surface area contributed by atoms with E-state index < -0.39 is 11.5 Å². The van der Waals surface area contributed by atoms with Crippen LogP contribution in [0.4, 0.5) is 4.79 Å². The van der Waals surface area contributed by atoms with Gasteiger partial charge in [-0.2, -0.15) is 0 Å². The first-order chi connectivity index (χ1) is 13.7. The highest BCUT2D eigenvalue weighted by Gasteiger charge is 2.39. The van der Waals surface area contributed by atoms with Gasteiger partial charge in [0.2, 0.25) is 0 Å². The molecule has 156 valence electrons. The maximum atomic E-state index is 12.7. The van der Waals surface area contributed by atoms with Crippen LogP contribution < -0.4 is 5.32 Å². The van der Waals surface area contributed by atoms with Crippen LogP contribution in [-0.4, -0.2) is 28.6 Å². The van der Waals surface area contributed by atoms with E-state index >= 15 is 0 Å². The topological polar surface area (TPSA) is 69.6 Å². The molecule has 1 aliphatic carbocycles. The summed E-state index contributed by atoms with van der Waals surface area (Å²) in [5.41, 5.74) is 3.61. The number of carboxylic acids is 1. The summed E-state index contributed by atoms with van der Waals surface area (Å²) < 4.78 is 0. The van der Waals surface area contributed by atoms with E-state index in [2.05, 4.69) is 31.3 Å². The van der Waals surface area contributed by atoms with Gasteiger partial charge in [-0.15, -0.1) is 0 Å². The Morgan fingerprint density at radius 2 is 2.10 bits per heavy atom. The van der Waals surface area contributed by atoms with Crippen LogP contribution in [0.25, 0.3) is 5.57 Å². The smallest absolute Gasteiger partial charge is 0.322 e. The first-order valence-corrected chi connectivity index (χ1v) is 10.6. The van der Waals surface area contributed by atoms with Crippen LogP contribution in [0, 0.1) is 5.92 Å². The predicted molar refractivity (Wildman–Crippen MR) is 116 cm³/mol. The van der Waals surface area contributed by atoms with E-state index in [-0.39, 0.29) is 24.9 Å². The lowest BCUT2D eigenvalue weighted by molar-refractivity contribution is -0.137. The molecule has 1 atom stereocenters. The van der Waals surface area contributed by atoms with E-state index in [1.807, 2.05) is 19.1 Å². The molecule has 1 aromatic rings. The molecule has 1 aliphatic heterocycles. The largest absolute Gasteiger partial charge is 0.481 e. The molecule has 1 heterocycles. The van der Waals surface area contributed by atoms with Crippen molar-refractivity contribution in [3.05, 3.63) is 52.2 Å². The maximum Gasteiger partial charge on any atom is 0.322 e. The molecule has 0 radical (unpaired) electrons. The van der Waals surface area contributed by atoms with Crippen LogP contribution in [0.1, 0.15) is 64.0 Å². The second kappa shape index (κ2) is 8.62. The minimum absolute atomic E-state index is 0.0956. The zero-order chi connectivity index (χ0) is 21.2. The third-order valence-electron chi connectivity index (χ3n) is 5.86. The second-order valence-corrected chi connectivity index (χ2v) is 8.71. The fourth-order valence-corrected chi connectivity index (χ4v) is 4.53. The molecule has 2 amide bonds. The van der Waals surface area contributed by atoms with Gasteiger partial charge in [-0.25, -0.2) is 4.79 Å². The minimum Gasteiger partial charge on any atom is -0.481 e. The SMILES string of the molecule is CC(C)C1=CN(CCC(=O)O)C(=O)N[C@@]1(C)c1ccc(C2=CCCCC2)c(Cl)c1. The molecule has 1 aromatic carbocycles. The van der Waals surface area contributed by atoms with Crippen molar-refractivity contribution in [3.63, 3.8) is 0 Å². The van der Waals surface area contributed by atoms with Gasteiger partial charge in [0.1, 0.15) is 0 Å². The number of nitrogens with one attached hydrogen (secondary N) is 1. The normalized spacial score (nSPS) is 22.2. The lowest BCUT2D eigenvalue weighted by Gasteiger charge is -2.42. The molecule has 0 spiro atoms. The molecule has 0 fully saturated rings. The van der Waals surface area contributed by atoms with Crippen molar-refractivity contribution in [2.24, 2.45) is 5.92 Å². The highest BCUT2D eigenvalue weighted by Crippen LogP contribution is 2.40. The molecule has 0 saturated carbocycles. The summed E-state index contributed by atoms with van der Waals surface area (Å²) in [4.78, 5) is 25.1. The number of amides is 2. The molecule has 29 heavy (non-hydrogen) atoms. The molecule has 0 unspecified atom stereocenters. The lowest BCUT2D eigenvalue weighted by Crippen LogP contribution is -2.54. The first kappa shape index (κ1) is 21.4. The summed E-state index contributed by atoms with van der Waals surface area (Å²) in [5.74, 6) is -0.766. The summed E-state index contributed by atoms with van der Waals surface area (Å²) in [5, 5.41) is 12.7. The zero-order valence-corrected chi connectivity index (χ0v) is 18.1. The Balaban J connectivity index is 1.96. The monoisotopic (exact) mass is 416 g/mol. The average Bonchev–Trinajstić information content (AvgIpc) is 2.67. The van der Waals surface area contributed by atoms with Crippen molar-refractivity contribution >= 4 is 29.2 Å². The van der Waals surface area contributed by atoms with Crippen molar-refractivity contribution in [1.29, 1.82) is 0 Å². The molecule has 0 bridgehead atoms. The number of aliphatic carboxylic acids is 1. The van der Waals surface area contributed by atoms with E-state index in [0.29, 0.717) is 5.02 Å². The number of halogens is 1. The molecule has 5 nitrogen and oxygen atoms in total. The number of carbonyl (C=O) groups excluding carboxylic acids is 1. The highest BCUT2D eigenvalue weighted by atomic mass is 35.5. The molecule has 6 heteroatoms. The van der Waals surface area contributed by atoms with Gasteiger partial charge in [-0.05, 0) is 66.9 Å². The van der Waals surface area contributed by atoms with E-state index in [4.69, 9.17) is 16.7 Å². The number of allylic oxidation sites excluding steroid dienone is 2. The fourth-order valence-electron chi connectivity index (χ4n) is 4.23. The minimum atomic E-state index is -0.926. The third kappa shape index (κ3) is 4.50. The number of rotatable bonds is 6. The number of hydrogen-bond donors (Lipinski definition) is 2. The maximum absolute atomic E-state index is 12.7. The summed E-state index contributed by atoms with van der Waals surface area (Å²) in [7, 11) is 0. The Labute approximate surface area is 177 Å². The van der Waals surface area contributed by atoms with Gasteiger partial charge in [0.15, 0.2) is 0 Å². The molecular formula is C23H29ClN2O3. The quantitative estimate of drug-likeness (QED) is 0.638. The number of nitrogens with zero attached hydrogens (tertiary/aromatic N) is 1. The van der Waals surface area contributed by atoms with E-state index in [1.165, 1.54) is 23.3 Å². The molecule has 0 aromatic heterocycles. The van der Waals surface area contributed by atoms with Gasteiger partial charge < -0.3 is 15.3 Å². The van der Waals surface area contributed by atoms with Gasteiger partial charge >= 0.3 is 12.0 Å². The Hall–Kier alpha value is -2.27. The van der Waals surface area contributed by atoms with Gasteiger partial charge in [0.25, 0.3) is 0 Å². The van der Waals surface area contributed by atoms with Crippen molar-refractivity contribution in [2.75, 3.05) is 6.54 Å². The van der Waals surface area contributed by atoms with Crippen LogP contribution in [0.3, 0.4) is 0 Å². The molecule has 2 N–H and O–H groups in total. The number of hydrogen-bond acceptors (Lipinski definition) is 2.